The van der Waals surface area contributed by atoms with Crippen molar-refractivity contribution < 1.29 is 9.59 Å². The Kier molecular flexibility index (Phi) is 3.82. The zero-order chi connectivity index (χ0) is 13.3. The molecule has 18 heavy (non-hydrogen) atoms. The van der Waals surface area contributed by atoms with Crippen molar-refractivity contribution in [2.45, 2.75) is 25.8 Å². The van der Waals surface area contributed by atoms with Crippen LogP contribution in [0.4, 0.5) is 0 Å². The molecular formula is C11H15N3O2S2. The van der Waals surface area contributed by atoms with Gasteiger partial charge in [0.2, 0.25) is 11.8 Å². The average Bonchev–Trinajstić information content (AvgIpc) is 2.76. The van der Waals surface area contributed by atoms with E-state index in [1.165, 1.54) is 11.3 Å². The summed E-state index contributed by atoms with van der Waals surface area (Å²) >= 11 is 6.43. The van der Waals surface area contributed by atoms with Crippen LogP contribution in [0.15, 0.2) is 0 Å². The Bertz CT molecular complexity index is 535. The van der Waals surface area contributed by atoms with Gasteiger partial charge in [0.1, 0.15) is 6.04 Å². The quantitative estimate of drug-likeness (QED) is 0.814. The van der Waals surface area contributed by atoms with Gasteiger partial charge in [0.05, 0.1) is 6.42 Å². The largest absolute Gasteiger partial charge is 0.344 e. The van der Waals surface area contributed by atoms with Crippen LogP contribution in [0.5, 0.6) is 0 Å². The topological polar surface area (TPSA) is 65.2 Å². The number of hydrogen-bond donors (Lipinski definition) is 2. The normalized spacial score (nSPS) is 19.3. The van der Waals surface area contributed by atoms with Gasteiger partial charge in [0.15, 0.2) is 3.95 Å². The number of likely N-dealkylation sites (tertiary alicyclic amines) is 1. The lowest BCUT2D eigenvalue weighted by Gasteiger charge is -2.11. The van der Waals surface area contributed by atoms with Crippen molar-refractivity contribution in [2.75, 3.05) is 13.6 Å². The number of carbonyl (C=O) groups is 2. The van der Waals surface area contributed by atoms with Crippen molar-refractivity contribution in [3.63, 3.8) is 0 Å². The number of likely N-dealkylation sites (N-methyl/N-ethyl adjacent to an activating group) is 1. The third kappa shape index (κ3) is 2.78. The van der Waals surface area contributed by atoms with Crippen LogP contribution in [0.1, 0.15) is 17.0 Å². The number of carbonyl (C=O) groups excluding carboxylic acids is 2. The molecule has 7 heteroatoms. The molecule has 1 aliphatic rings. The molecule has 2 amide bonds. The lowest BCUT2D eigenvalue weighted by Crippen LogP contribution is -2.41. The zero-order valence-electron chi connectivity index (χ0n) is 10.3. The summed E-state index contributed by atoms with van der Waals surface area (Å²) in [5.74, 6) is -0.140. The second-order valence-electron chi connectivity index (χ2n) is 4.41. The van der Waals surface area contributed by atoms with E-state index in [2.05, 4.69) is 10.3 Å². The fraction of sp³-hybridized carbons (Fsp3) is 0.545. The Labute approximate surface area is 114 Å². The van der Waals surface area contributed by atoms with E-state index < -0.39 is 0 Å². The number of nitrogens with one attached hydrogen (secondary N) is 2. The highest BCUT2D eigenvalue weighted by molar-refractivity contribution is 7.73. The lowest BCUT2D eigenvalue weighted by atomic mass is 10.2. The Balaban J connectivity index is 1.95. The summed E-state index contributed by atoms with van der Waals surface area (Å²) in [6, 6.07) is -0.366. The SMILES string of the molecule is Cc1[nH]c(=S)sc1CC(=O)NC1CCN(C)C1=O. The Morgan fingerprint density at radius 2 is 2.39 bits per heavy atom. The highest BCUT2D eigenvalue weighted by atomic mass is 32.1. The number of thiazole rings is 1. The minimum atomic E-state index is -0.366. The maximum atomic E-state index is 11.9. The molecular weight excluding hydrogens is 270 g/mol. The molecule has 1 unspecified atom stereocenters. The predicted molar refractivity (Wildman–Crippen MR) is 72.1 cm³/mol. The third-order valence-corrected chi connectivity index (χ3v) is 4.34. The van der Waals surface area contributed by atoms with Gasteiger partial charge < -0.3 is 15.2 Å². The van der Waals surface area contributed by atoms with Gasteiger partial charge in [0.25, 0.3) is 0 Å². The van der Waals surface area contributed by atoms with E-state index in [9.17, 15) is 9.59 Å². The summed E-state index contributed by atoms with van der Waals surface area (Å²) in [6.45, 7) is 2.59. The van der Waals surface area contributed by atoms with Gasteiger partial charge in [-0.15, -0.1) is 11.3 Å². The number of nitrogens with zero attached hydrogens (tertiary/aromatic N) is 1. The van der Waals surface area contributed by atoms with Gasteiger partial charge >= 0.3 is 0 Å². The Hall–Kier alpha value is -1.21. The van der Waals surface area contributed by atoms with Crippen molar-refractivity contribution in [2.24, 2.45) is 0 Å². The zero-order valence-corrected chi connectivity index (χ0v) is 11.9. The minimum absolute atomic E-state index is 0.0122. The molecule has 5 nitrogen and oxygen atoms in total. The van der Waals surface area contributed by atoms with Crippen LogP contribution >= 0.6 is 23.6 Å². The molecule has 0 spiro atoms. The fourth-order valence-electron chi connectivity index (χ4n) is 1.95. The number of hydrogen-bond acceptors (Lipinski definition) is 4. The molecule has 0 bridgehead atoms. The second kappa shape index (κ2) is 5.19. The molecule has 1 aromatic heterocycles. The number of H-pyrrole nitrogens is 1. The molecule has 1 aliphatic heterocycles. The van der Waals surface area contributed by atoms with Gasteiger partial charge in [-0.25, -0.2) is 0 Å². The number of aromatic amines is 1. The van der Waals surface area contributed by atoms with Crippen molar-refractivity contribution in [3.8, 4) is 0 Å². The van der Waals surface area contributed by atoms with Crippen LogP contribution in [0, 0.1) is 10.9 Å². The van der Waals surface area contributed by atoms with Crippen LogP contribution < -0.4 is 5.32 Å². The van der Waals surface area contributed by atoms with Gasteiger partial charge in [-0.3, -0.25) is 9.59 Å². The smallest absolute Gasteiger partial charge is 0.244 e. The monoisotopic (exact) mass is 285 g/mol. The molecule has 98 valence electrons. The number of aromatic nitrogens is 1. The summed E-state index contributed by atoms with van der Waals surface area (Å²) in [5.41, 5.74) is 0.926. The summed E-state index contributed by atoms with van der Waals surface area (Å²) in [6.07, 6.45) is 0.958. The van der Waals surface area contributed by atoms with E-state index in [1.807, 2.05) is 6.92 Å². The summed E-state index contributed by atoms with van der Waals surface area (Å²) in [5, 5.41) is 2.77. The maximum Gasteiger partial charge on any atom is 0.244 e. The van der Waals surface area contributed by atoms with Crippen LogP contribution in [-0.4, -0.2) is 41.3 Å². The van der Waals surface area contributed by atoms with Crippen LogP contribution in [0.25, 0.3) is 0 Å². The molecule has 1 fully saturated rings. The molecule has 0 saturated carbocycles. The molecule has 0 radical (unpaired) electrons. The first-order valence-electron chi connectivity index (χ1n) is 5.70. The van der Waals surface area contributed by atoms with Crippen molar-refractivity contribution in [3.05, 3.63) is 14.5 Å². The molecule has 0 aromatic carbocycles. The second-order valence-corrected chi connectivity index (χ2v) is 6.18. The molecule has 1 atom stereocenters. The highest BCUT2D eigenvalue weighted by Crippen LogP contribution is 2.15. The maximum absolute atomic E-state index is 11.9. The Morgan fingerprint density at radius 3 is 2.89 bits per heavy atom. The van der Waals surface area contributed by atoms with Crippen molar-refractivity contribution >= 4 is 35.4 Å². The average molecular weight is 285 g/mol. The van der Waals surface area contributed by atoms with E-state index in [-0.39, 0.29) is 24.3 Å². The minimum Gasteiger partial charge on any atom is -0.344 e. The number of rotatable bonds is 3. The van der Waals surface area contributed by atoms with Crippen LogP contribution in [0.3, 0.4) is 0 Å². The summed E-state index contributed by atoms with van der Waals surface area (Å²) < 4.78 is 0.673. The highest BCUT2D eigenvalue weighted by Gasteiger charge is 2.30. The van der Waals surface area contributed by atoms with Crippen LogP contribution in [-0.2, 0) is 16.0 Å². The van der Waals surface area contributed by atoms with Gasteiger partial charge in [-0.2, -0.15) is 0 Å². The predicted octanol–water partition coefficient (Wildman–Crippen LogP) is 1.00. The molecule has 2 heterocycles. The first-order valence-corrected chi connectivity index (χ1v) is 6.93. The van der Waals surface area contributed by atoms with E-state index in [0.29, 0.717) is 16.9 Å². The van der Waals surface area contributed by atoms with Gasteiger partial charge in [0, 0.05) is 24.2 Å². The molecule has 1 saturated heterocycles. The number of aryl methyl sites for hydroxylation is 1. The fourth-order valence-corrected chi connectivity index (χ4v) is 3.24. The number of amides is 2. The molecule has 2 rings (SSSR count). The van der Waals surface area contributed by atoms with E-state index >= 15 is 0 Å². The molecule has 1 aromatic rings. The standard InChI is InChI=1S/C11H15N3O2S2/c1-6-8(18-11(17)12-6)5-9(15)13-7-3-4-14(2)10(7)16/h7H,3-5H2,1-2H3,(H,12,17)(H,13,15). The van der Waals surface area contributed by atoms with Crippen LogP contribution in [0.2, 0.25) is 0 Å². The van der Waals surface area contributed by atoms with Gasteiger partial charge in [-0.05, 0) is 25.6 Å². The Morgan fingerprint density at radius 1 is 1.67 bits per heavy atom. The van der Waals surface area contributed by atoms with Crippen molar-refractivity contribution in [1.82, 2.24) is 15.2 Å². The molecule has 2 N–H and O–H groups in total. The van der Waals surface area contributed by atoms with E-state index in [1.54, 1.807) is 11.9 Å². The van der Waals surface area contributed by atoms with E-state index in [4.69, 9.17) is 12.2 Å². The first-order chi connectivity index (χ1) is 8.47. The molecule has 0 aliphatic carbocycles. The lowest BCUT2D eigenvalue weighted by molar-refractivity contribution is -0.131. The van der Waals surface area contributed by atoms with E-state index in [0.717, 1.165) is 10.6 Å². The first kappa shape index (κ1) is 13.2. The summed E-state index contributed by atoms with van der Waals surface area (Å²) in [4.78, 5) is 29.1. The van der Waals surface area contributed by atoms with Crippen molar-refractivity contribution in [1.29, 1.82) is 0 Å². The van der Waals surface area contributed by atoms with Gasteiger partial charge in [-0.1, -0.05) is 0 Å². The summed E-state index contributed by atoms with van der Waals surface area (Å²) in [7, 11) is 1.75. The third-order valence-electron chi connectivity index (χ3n) is 3.01.